The van der Waals surface area contributed by atoms with Crippen LogP contribution >= 0.6 is 0 Å². The van der Waals surface area contributed by atoms with Crippen molar-refractivity contribution in [3.05, 3.63) is 125 Å². The first-order chi connectivity index (χ1) is 18.6. The molecule has 192 valence electrons. The standard InChI is InChI=1S/C32H33N5O/c1-32(31-34-18-19-35-31,21-24-14-16-25(22-33)17-15-24)36-30(38)28-13-8-20-37(23-28)29(26-9-4-2-5-10-26)27-11-6-3-7-12-27/h2-7,9-12,14-19,28-29H,8,13,20-21,23H2,1H3,(H,34,35)(H,36,38)/t28-,32?/m0/s1. The van der Waals surface area contributed by atoms with E-state index in [0.717, 1.165) is 24.9 Å². The first-order valence-electron chi connectivity index (χ1n) is 13.2. The van der Waals surface area contributed by atoms with Gasteiger partial charge in [-0.25, -0.2) is 4.98 Å². The van der Waals surface area contributed by atoms with Gasteiger partial charge in [0.2, 0.25) is 5.91 Å². The fraction of sp³-hybridized carbons (Fsp3) is 0.281. The Morgan fingerprint density at radius 1 is 1.08 bits per heavy atom. The predicted molar refractivity (Wildman–Crippen MR) is 148 cm³/mol. The zero-order valence-electron chi connectivity index (χ0n) is 21.7. The number of carbonyl (C=O) groups excluding carboxylic acids is 1. The molecule has 6 nitrogen and oxygen atoms in total. The summed E-state index contributed by atoms with van der Waals surface area (Å²) in [5, 5.41) is 12.5. The average molecular weight is 504 g/mol. The van der Waals surface area contributed by atoms with E-state index in [2.05, 4.69) is 74.8 Å². The third-order valence-electron chi connectivity index (χ3n) is 7.48. The Bertz CT molecular complexity index is 1320. The average Bonchev–Trinajstić information content (AvgIpc) is 3.51. The summed E-state index contributed by atoms with van der Waals surface area (Å²) in [5.74, 6) is 0.630. The van der Waals surface area contributed by atoms with Crippen molar-refractivity contribution in [2.45, 2.75) is 37.8 Å². The number of amides is 1. The van der Waals surface area contributed by atoms with E-state index in [1.807, 2.05) is 43.3 Å². The number of H-pyrrole nitrogens is 1. The summed E-state index contributed by atoms with van der Waals surface area (Å²) in [6.45, 7) is 3.64. The van der Waals surface area contributed by atoms with E-state index in [0.29, 0.717) is 24.4 Å². The summed E-state index contributed by atoms with van der Waals surface area (Å²) in [7, 11) is 0. The number of benzene rings is 3. The molecule has 1 aliphatic heterocycles. The Labute approximate surface area is 224 Å². The van der Waals surface area contributed by atoms with Gasteiger partial charge < -0.3 is 10.3 Å². The molecule has 2 atom stereocenters. The van der Waals surface area contributed by atoms with Crippen LogP contribution in [0.2, 0.25) is 0 Å². The number of nitrogens with zero attached hydrogens (tertiary/aromatic N) is 3. The monoisotopic (exact) mass is 503 g/mol. The van der Waals surface area contributed by atoms with E-state index >= 15 is 0 Å². The highest BCUT2D eigenvalue weighted by Crippen LogP contribution is 2.33. The van der Waals surface area contributed by atoms with Gasteiger partial charge in [0, 0.05) is 25.4 Å². The maximum atomic E-state index is 13.8. The molecule has 1 unspecified atom stereocenters. The summed E-state index contributed by atoms with van der Waals surface area (Å²) in [6.07, 6.45) is 5.87. The summed E-state index contributed by atoms with van der Waals surface area (Å²) in [5.41, 5.74) is 3.41. The minimum atomic E-state index is -0.713. The topological polar surface area (TPSA) is 84.8 Å². The number of piperidine rings is 1. The Morgan fingerprint density at radius 2 is 1.74 bits per heavy atom. The van der Waals surface area contributed by atoms with Gasteiger partial charge in [-0.05, 0) is 55.1 Å². The van der Waals surface area contributed by atoms with Crippen molar-refractivity contribution in [1.29, 1.82) is 5.26 Å². The molecule has 6 heteroatoms. The van der Waals surface area contributed by atoms with Gasteiger partial charge in [0.25, 0.3) is 0 Å². The van der Waals surface area contributed by atoms with Gasteiger partial charge in [-0.3, -0.25) is 9.69 Å². The molecule has 1 aliphatic rings. The molecule has 0 saturated carbocycles. The smallest absolute Gasteiger partial charge is 0.225 e. The molecule has 38 heavy (non-hydrogen) atoms. The lowest BCUT2D eigenvalue weighted by molar-refractivity contribution is -0.129. The number of nitriles is 1. The minimum Gasteiger partial charge on any atom is -0.347 e. The molecule has 0 spiro atoms. The van der Waals surface area contributed by atoms with Crippen molar-refractivity contribution in [2.75, 3.05) is 13.1 Å². The molecule has 1 amide bonds. The summed E-state index contributed by atoms with van der Waals surface area (Å²) < 4.78 is 0. The van der Waals surface area contributed by atoms with E-state index in [9.17, 15) is 4.79 Å². The summed E-state index contributed by atoms with van der Waals surface area (Å²) in [4.78, 5) is 24.0. The molecule has 2 N–H and O–H groups in total. The van der Waals surface area contributed by atoms with Crippen LogP contribution in [-0.4, -0.2) is 33.9 Å². The largest absolute Gasteiger partial charge is 0.347 e. The van der Waals surface area contributed by atoms with E-state index in [1.54, 1.807) is 12.4 Å². The van der Waals surface area contributed by atoms with Crippen LogP contribution in [0.15, 0.2) is 97.3 Å². The Balaban J connectivity index is 1.37. The Kier molecular flexibility index (Phi) is 7.67. The van der Waals surface area contributed by atoms with Gasteiger partial charge in [0.05, 0.1) is 29.1 Å². The molecule has 1 saturated heterocycles. The quantitative estimate of drug-likeness (QED) is 0.339. The molecular weight excluding hydrogens is 470 g/mol. The van der Waals surface area contributed by atoms with Crippen molar-refractivity contribution < 1.29 is 4.79 Å². The van der Waals surface area contributed by atoms with Crippen LogP contribution in [0.3, 0.4) is 0 Å². The van der Waals surface area contributed by atoms with Gasteiger partial charge in [0.1, 0.15) is 5.82 Å². The van der Waals surface area contributed by atoms with Crippen LogP contribution in [-0.2, 0) is 16.8 Å². The molecule has 2 heterocycles. The van der Waals surface area contributed by atoms with Crippen molar-refractivity contribution in [3.8, 4) is 6.07 Å². The third-order valence-corrected chi connectivity index (χ3v) is 7.48. The number of aromatic nitrogens is 2. The number of hydrogen-bond donors (Lipinski definition) is 2. The normalized spacial score (nSPS) is 17.4. The highest BCUT2D eigenvalue weighted by atomic mass is 16.2. The fourth-order valence-corrected chi connectivity index (χ4v) is 5.57. The first kappa shape index (κ1) is 25.4. The molecular formula is C32H33N5O. The molecule has 0 radical (unpaired) electrons. The number of imidazole rings is 1. The second kappa shape index (κ2) is 11.5. The van der Waals surface area contributed by atoms with E-state index in [4.69, 9.17) is 5.26 Å². The summed E-state index contributed by atoms with van der Waals surface area (Å²) >= 11 is 0. The van der Waals surface area contributed by atoms with Gasteiger partial charge in [0.15, 0.2) is 0 Å². The maximum Gasteiger partial charge on any atom is 0.225 e. The number of carbonyl (C=O) groups is 1. The SMILES string of the molecule is CC(Cc1ccc(C#N)cc1)(NC(=O)[C@H]1CCCN(C(c2ccccc2)c2ccccc2)C1)c1ncc[nH]1. The molecule has 1 aromatic heterocycles. The van der Waals surface area contributed by atoms with E-state index in [1.165, 1.54) is 11.1 Å². The van der Waals surface area contributed by atoms with Crippen LogP contribution in [0.25, 0.3) is 0 Å². The Morgan fingerprint density at radius 3 is 2.32 bits per heavy atom. The van der Waals surface area contributed by atoms with Gasteiger partial charge in [-0.2, -0.15) is 5.26 Å². The third kappa shape index (κ3) is 5.69. The highest BCUT2D eigenvalue weighted by molar-refractivity contribution is 5.80. The first-order valence-corrected chi connectivity index (χ1v) is 13.2. The molecule has 1 fully saturated rings. The van der Waals surface area contributed by atoms with Gasteiger partial charge in [-0.15, -0.1) is 0 Å². The van der Waals surface area contributed by atoms with Crippen LogP contribution in [0.1, 0.15) is 53.9 Å². The number of nitrogens with one attached hydrogen (secondary N) is 2. The van der Waals surface area contributed by atoms with Crippen LogP contribution in [0.5, 0.6) is 0 Å². The maximum absolute atomic E-state index is 13.8. The second-order valence-corrected chi connectivity index (χ2v) is 10.3. The van der Waals surface area contributed by atoms with Gasteiger partial charge >= 0.3 is 0 Å². The zero-order valence-corrected chi connectivity index (χ0v) is 21.7. The molecule has 0 bridgehead atoms. The Hall–Kier alpha value is -4.21. The molecule has 4 aromatic rings. The lowest BCUT2D eigenvalue weighted by atomic mass is 9.88. The zero-order chi connectivity index (χ0) is 26.4. The molecule has 5 rings (SSSR count). The van der Waals surface area contributed by atoms with Crippen molar-refractivity contribution in [2.24, 2.45) is 5.92 Å². The fourth-order valence-electron chi connectivity index (χ4n) is 5.57. The van der Waals surface area contributed by atoms with Crippen molar-refractivity contribution in [3.63, 3.8) is 0 Å². The lowest BCUT2D eigenvalue weighted by Crippen LogP contribution is -2.51. The van der Waals surface area contributed by atoms with E-state index in [-0.39, 0.29) is 17.9 Å². The number of aromatic amines is 1. The lowest BCUT2D eigenvalue weighted by Gasteiger charge is -2.39. The molecule has 3 aromatic carbocycles. The predicted octanol–water partition coefficient (Wildman–Crippen LogP) is 5.36. The van der Waals surface area contributed by atoms with Crippen LogP contribution < -0.4 is 5.32 Å². The van der Waals surface area contributed by atoms with Crippen molar-refractivity contribution >= 4 is 5.91 Å². The van der Waals surface area contributed by atoms with E-state index < -0.39 is 5.54 Å². The second-order valence-electron chi connectivity index (χ2n) is 10.3. The number of rotatable bonds is 8. The highest BCUT2D eigenvalue weighted by Gasteiger charge is 2.37. The van der Waals surface area contributed by atoms with Crippen LogP contribution in [0.4, 0.5) is 0 Å². The number of likely N-dealkylation sites (tertiary alicyclic amines) is 1. The van der Waals surface area contributed by atoms with Gasteiger partial charge in [-0.1, -0.05) is 72.8 Å². The van der Waals surface area contributed by atoms with Crippen LogP contribution in [0, 0.1) is 17.2 Å². The summed E-state index contributed by atoms with van der Waals surface area (Å²) in [6, 6.07) is 30.9. The molecule has 0 aliphatic carbocycles. The van der Waals surface area contributed by atoms with Crippen molar-refractivity contribution in [1.82, 2.24) is 20.2 Å². The minimum absolute atomic E-state index is 0.0436. The number of hydrogen-bond acceptors (Lipinski definition) is 4.